The van der Waals surface area contributed by atoms with E-state index in [4.69, 9.17) is 4.74 Å². The Kier molecular flexibility index (Phi) is 7.86. The smallest absolute Gasteiger partial charge is 0.419 e. The molecule has 0 bridgehead atoms. The predicted molar refractivity (Wildman–Crippen MR) is 126 cm³/mol. The molecule has 0 N–H and O–H groups in total. The molecule has 7 nitrogen and oxygen atoms in total. The highest BCUT2D eigenvalue weighted by Gasteiger charge is 2.48. The third-order valence-electron chi connectivity index (χ3n) is 7.08. The number of carbonyl (C=O) groups is 1. The van der Waals surface area contributed by atoms with Crippen molar-refractivity contribution in [1.82, 2.24) is 19.8 Å². The van der Waals surface area contributed by atoms with Gasteiger partial charge in [-0.1, -0.05) is 30.3 Å². The number of likely N-dealkylation sites (tertiary alicyclic amines) is 1. The van der Waals surface area contributed by atoms with E-state index in [1.54, 1.807) is 18.7 Å². The molecule has 4 rings (SSSR count). The van der Waals surface area contributed by atoms with Crippen molar-refractivity contribution in [3.05, 3.63) is 53.9 Å². The number of halogens is 5. The molecule has 1 amide bonds. The van der Waals surface area contributed by atoms with Crippen LogP contribution in [0.5, 0.6) is 0 Å². The summed E-state index contributed by atoms with van der Waals surface area (Å²) in [6, 6.07) is 8.91. The highest BCUT2D eigenvalue weighted by Crippen LogP contribution is 2.35. The van der Waals surface area contributed by atoms with Gasteiger partial charge < -0.3 is 14.5 Å². The molecule has 2 fully saturated rings. The van der Waals surface area contributed by atoms with Crippen LogP contribution in [-0.4, -0.2) is 76.2 Å². The average molecular weight is 528 g/mol. The van der Waals surface area contributed by atoms with Crippen molar-refractivity contribution in [3.8, 4) is 0 Å². The maximum Gasteiger partial charge on any atom is 0.419 e. The first-order chi connectivity index (χ1) is 17.5. The number of piperazine rings is 1. The monoisotopic (exact) mass is 527 g/mol. The fourth-order valence-electron chi connectivity index (χ4n) is 4.80. The number of benzene rings is 1. The molecule has 0 unspecified atom stereocenters. The number of carbonyl (C=O) groups excluding carboxylic acids is 1. The number of ether oxygens (including phenoxy) is 1. The quantitative estimate of drug-likeness (QED) is 0.520. The average Bonchev–Trinajstić information content (AvgIpc) is 2.86. The minimum absolute atomic E-state index is 0.0204. The summed E-state index contributed by atoms with van der Waals surface area (Å²) in [4.78, 5) is 25.9. The van der Waals surface area contributed by atoms with Gasteiger partial charge in [-0.2, -0.15) is 13.2 Å². The Labute approximate surface area is 212 Å². The minimum Gasteiger partial charge on any atom is -0.437 e. The fourth-order valence-corrected chi connectivity index (χ4v) is 4.80. The van der Waals surface area contributed by atoms with Crippen LogP contribution < -0.4 is 4.90 Å². The molecule has 0 spiro atoms. The van der Waals surface area contributed by atoms with Crippen LogP contribution in [0.3, 0.4) is 0 Å². The van der Waals surface area contributed by atoms with Crippen LogP contribution in [0.15, 0.2) is 42.7 Å². The van der Waals surface area contributed by atoms with Crippen LogP contribution in [0.25, 0.3) is 0 Å². The molecule has 0 aliphatic carbocycles. The molecule has 3 heterocycles. The molecular formula is C25H30F5N5O2. The van der Waals surface area contributed by atoms with Crippen molar-refractivity contribution in [2.75, 3.05) is 31.1 Å². The second-order valence-electron chi connectivity index (χ2n) is 9.77. The lowest BCUT2D eigenvalue weighted by Crippen LogP contribution is -2.61. The number of aromatic nitrogens is 2. The van der Waals surface area contributed by atoms with E-state index in [0.717, 1.165) is 18.0 Å². The number of rotatable bonds is 5. The molecule has 2 saturated heterocycles. The molecule has 0 saturated carbocycles. The van der Waals surface area contributed by atoms with Gasteiger partial charge in [0.15, 0.2) is 5.60 Å². The second kappa shape index (κ2) is 10.8. The number of hydrogen-bond acceptors (Lipinski definition) is 6. The standard InChI is InChI=1S/C25H30F5N5O2/c1-17-15-35(18(2)14-34(17)22-31-12-20(13-32-22)25(28,29)30)23(36)37-24(21(26)27)8-10-33(11-9-24)16-19-6-4-3-5-7-19/h3-7,12-13,17-18,21H,8-11,14-16H2,1-2H3/t17-,18+/m0/s1. The Bertz CT molecular complexity index is 1050. The van der Waals surface area contributed by atoms with Gasteiger partial charge in [0.25, 0.3) is 6.43 Å². The van der Waals surface area contributed by atoms with E-state index in [9.17, 15) is 26.7 Å². The highest BCUT2D eigenvalue weighted by atomic mass is 19.4. The Hall–Kier alpha value is -3.02. The van der Waals surface area contributed by atoms with E-state index in [0.29, 0.717) is 19.6 Å². The van der Waals surface area contributed by atoms with Crippen LogP contribution in [0.2, 0.25) is 0 Å². The predicted octanol–water partition coefficient (Wildman–Crippen LogP) is 4.83. The van der Waals surface area contributed by atoms with Gasteiger partial charge in [-0.05, 0) is 19.4 Å². The van der Waals surface area contributed by atoms with Crippen LogP contribution in [-0.2, 0) is 17.5 Å². The zero-order valence-corrected chi connectivity index (χ0v) is 20.7. The molecule has 2 aliphatic heterocycles. The summed E-state index contributed by atoms with van der Waals surface area (Å²) in [6.45, 7) is 5.21. The summed E-state index contributed by atoms with van der Waals surface area (Å²) in [5.74, 6) is 0.107. The van der Waals surface area contributed by atoms with Gasteiger partial charge in [-0.25, -0.2) is 23.5 Å². The van der Waals surface area contributed by atoms with Gasteiger partial charge in [0, 0.05) is 70.0 Å². The van der Waals surface area contributed by atoms with E-state index in [1.165, 1.54) is 4.90 Å². The Balaban J connectivity index is 1.37. The van der Waals surface area contributed by atoms with Gasteiger partial charge >= 0.3 is 12.3 Å². The maximum absolute atomic E-state index is 14.2. The number of anilines is 1. The van der Waals surface area contributed by atoms with Crippen molar-refractivity contribution in [3.63, 3.8) is 0 Å². The van der Waals surface area contributed by atoms with Gasteiger partial charge in [-0.3, -0.25) is 4.90 Å². The number of alkyl halides is 5. The lowest BCUT2D eigenvalue weighted by Gasteiger charge is -2.46. The summed E-state index contributed by atoms with van der Waals surface area (Å²) >= 11 is 0. The molecule has 1 aromatic heterocycles. The van der Waals surface area contributed by atoms with Crippen molar-refractivity contribution < 1.29 is 31.5 Å². The number of amides is 1. The molecule has 2 aromatic rings. The molecule has 37 heavy (non-hydrogen) atoms. The van der Waals surface area contributed by atoms with E-state index in [-0.39, 0.29) is 37.9 Å². The molecule has 0 radical (unpaired) electrons. The second-order valence-corrected chi connectivity index (χ2v) is 9.77. The lowest BCUT2D eigenvalue weighted by molar-refractivity contribution is -0.139. The Morgan fingerprint density at radius 1 is 1.05 bits per heavy atom. The summed E-state index contributed by atoms with van der Waals surface area (Å²) in [5.41, 5.74) is -1.73. The summed E-state index contributed by atoms with van der Waals surface area (Å²) in [5, 5.41) is 0. The molecule has 1 aromatic carbocycles. The van der Waals surface area contributed by atoms with Crippen LogP contribution in [0.1, 0.15) is 37.8 Å². The Morgan fingerprint density at radius 3 is 2.24 bits per heavy atom. The van der Waals surface area contributed by atoms with E-state index in [1.807, 2.05) is 30.3 Å². The largest absolute Gasteiger partial charge is 0.437 e. The first-order valence-electron chi connectivity index (χ1n) is 12.2. The summed E-state index contributed by atoms with van der Waals surface area (Å²) in [7, 11) is 0. The summed E-state index contributed by atoms with van der Waals surface area (Å²) in [6.07, 6.45) is -6.71. The fraction of sp³-hybridized carbons (Fsp3) is 0.560. The molecule has 2 aliphatic rings. The van der Waals surface area contributed by atoms with Gasteiger partial charge in [0.1, 0.15) is 0 Å². The minimum atomic E-state index is -4.54. The third-order valence-corrected chi connectivity index (χ3v) is 7.08. The topological polar surface area (TPSA) is 61.8 Å². The van der Waals surface area contributed by atoms with Crippen LogP contribution >= 0.6 is 0 Å². The zero-order valence-electron chi connectivity index (χ0n) is 20.7. The Morgan fingerprint density at radius 2 is 1.68 bits per heavy atom. The zero-order chi connectivity index (χ0) is 26.8. The first kappa shape index (κ1) is 27.0. The van der Waals surface area contributed by atoms with E-state index >= 15 is 0 Å². The van der Waals surface area contributed by atoms with E-state index in [2.05, 4.69) is 14.9 Å². The first-order valence-corrected chi connectivity index (χ1v) is 12.2. The van der Waals surface area contributed by atoms with Crippen molar-refractivity contribution >= 4 is 12.0 Å². The molecular weight excluding hydrogens is 497 g/mol. The normalized spacial score (nSPS) is 22.8. The molecule has 2 atom stereocenters. The lowest BCUT2D eigenvalue weighted by atomic mass is 9.91. The van der Waals surface area contributed by atoms with Crippen molar-refractivity contribution in [1.29, 1.82) is 0 Å². The molecule has 202 valence electrons. The number of nitrogens with zero attached hydrogens (tertiary/aromatic N) is 5. The number of piperidine rings is 1. The highest BCUT2D eigenvalue weighted by molar-refractivity contribution is 5.69. The van der Waals surface area contributed by atoms with Gasteiger partial charge in [0.05, 0.1) is 5.56 Å². The van der Waals surface area contributed by atoms with Crippen LogP contribution in [0, 0.1) is 0 Å². The third kappa shape index (κ3) is 6.11. The van der Waals surface area contributed by atoms with Gasteiger partial charge in [-0.15, -0.1) is 0 Å². The van der Waals surface area contributed by atoms with Crippen LogP contribution in [0.4, 0.5) is 32.7 Å². The maximum atomic E-state index is 14.2. The summed E-state index contributed by atoms with van der Waals surface area (Å²) < 4.78 is 72.4. The van der Waals surface area contributed by atoms with Gasteiger partial charge in [0.2, 0.25) is 5.95 Å². The number of hydrogen-bond donors (Lipinski definition) is 0. The molecule has 12 heteroatoms. The van der Waals surface area contributed by atoms with Crippen molar-refractivity contribution in [2.45, 2.75) is 63.5 Å². The SMILES string of the molecule is C[C@@H]1CN(c2ncc(C(F)(F)F)cn2)[C@@H](C)CN1C(=O)OC1(C(F)F)CCN(Cc2ccccc2)CC1. The van der Waals surface area contributed by atoms with E-state index < -0.39 is 35.9 Å². The van der Waals surface area contributed by atoms with Crippen molar-refractivity contribution in [2.24, 2.45) is 0 Å².